The van der Waals surface area contributed by atoms with Gasteiger partial charge < -0.3 is 4.90 Å². The van der Waals surface area contributed by atoms with Gasteiger partial charge in [-0.2, -0.15) is 5.10 Å². The predicted molar refractivity (Wildman–Crippen MR) is 75.1 cm³/mol. The van der Waals surface area contributed by atoms with Crippen molar-refractivity contribution in [1.82, 2.24) is 15.3 Å². The van der Waals surface area contributed by atoms with Crippen molar-refractivity contribution >= 4 is 23.0 Å². The number of hydrogen-bond donors (Lipinski definition) is 1. The lowest BCUT2D eigenvalue weighted by Crippen LogP contribution is -2.37. The minimum atomic E-state index is 0.644. The van der Waals surface area contributed by atoms with E-state index in [-0.39, 0.29) is 0 Å². The molecule has 0 unspecified atom stereocenters. The summed E-state index contributed by atoms with van der Waals surface area (Å²) in [5.74, 6) is 0. The van der Waals surface area contributed by atoms with Crippen LogP contribution in [0, 0.1) is 0 Å². The average Bonchev–Trinajstić information content (AvgIpc) is 2.38. The molecule has 0 aliphatic rings. The summed E-state index contributed by atoms with van der Waals surface area (Å²) in [6, 6.07) is 5.73. The summed E-state index contributed by atoms with van der Waals surface area (Å²) in [6.45, 7) is 7.78. The Hall–Kier alpha value is -1.49. The largest absolute Gasteiger partial charge is 0.348 e. The lowest BCUT2D eigenvalue weighted by Gasteiger charge is -2.20. The number of hydrazone groups is 1. The minimum absolute atomic E-state index is 0.644. The van der Waals surface area contributed by atoms with Gasteiger partial charge >= 0.3 is 0 Å². The lowest BCUT2D eigenvalue weighted by molar-refractivity contribution is 0.458. The Morgan fingerprint density at radius 2 is 2.12 bits per heavy atom. The number of nitrogens with zero attached hydrogens (tertiary/aromatic N) is 3. The van der Waals surface area contributed by atoms with E-state index in [4.69, 9.17) is 12.2 Å². The molecule has 0 saturated carbocycles. The normalized spacial score (nSPS) is 11.1. The summed E-state index contributed by atoms with van der Waals surface area (Å²) in [5, 5.41) is 4.88. The van der Waals surface area contributed by atoms with Crippen molar-refractivity contribution in [1.29, 1.82) is 0 Å². The lowest BCUT2D eigenvalue weighted by atomic mass is 10.3. The number of aromatic nitrogens is 1. The maximum Gasteiger partial charge on any atom is 0.189 e. The monoisotopic (exact) mass is 250 g/mol. The molecule has 0 atom stereocenters. The van der Waals surface area contributed by atoms with E-state index in [2.05, 4.69) is 29.4 Å². The molecule has 0 radical (unpaired) electrons. The highest BCUT2D eigenvalue weighted by molar-refractivity contribution is 7.80. The SMILES string of the molecule is CCN(CC)C(=S)N/N=C(\C)c1ccccn1. The summed E-state index contributed by atoms with van der Waals surface area (Å²) in [4.78, 5) is 6.25. The van der Waals surface area contributed by atoms with Gasteiger partial charge in [-0.15, -0.1) is 0 Å². The Morgan fingerprint density at radius 1 is 1.41 bits per heavy atom. The van der Waals surface area contributed by atoms with E-state index in [0.717, 1.165) is 24.5 Å². The van der Waals surface area contributed by atoms with Crippen LogP contribution in [-0.4, -0.2) is 33.8 Å². The van der Waals surface area contributed by atoms with Gasteiger partial charge in [0.2, 0.25) is 0 Å². The van der Waals surface area contributed by atoms with Gasteiger partial charge in [-0.1, -0.05) is 6.07 Å². The van der Waals surface area contributed by atoms with E-state index < -0.39 is 0 Å². The second-order valence-electron chi connectivity index (χ2n) is 3.50. The van der Waals surface area contributed by atoms with E-state index in [1.807, 2.05) is 30.0 Å². The standard InChI is InChI=1S/C12H18N4S/c1-4-16(5-2)12(17)15-14-10(3)11-8-6-7-9-13-11/h6-9H,4-5H2,1-3H3,(H,15,17)/b14-10+. The first kappa shape index (κ1) is 13.6. The zero-order valence-electron chi connectivity index (χ0n) is 10.5. The molecule has 1 heterocycles. The molecule has 92 valence electrons. The van der Waals surface area contributed by atoms with Crippen LogP contribution in [0.3, 0.4) is 0 Å². The van der Waals surface area contributed by atoms with Crippen molar-refractivity contribution < 1.29 is 0 Å². The summed E-state index contributed by atoms with van der Waals surface area (Å²) in [5.41, 5.74) is 4.56. The maximum atomic E-state index is 5.23. The molecule has 1 N–H and O–H groups in total. The molecule has 1 aromatic rings. The van der Waals surface area contributed by atoms with Crippen LogP contribution in [0.4, 0.5) is 0 Å². The molecule has 0 aliphatic heterocycles. The molecule has 1 aromatic heterocycles. The fourth-order valence-electron chi connectivity index (χ4n) is 1.35. The summed E-state index contributed by atoms with van der Waals surface area (Å²) < 4.78 is 0. The molecular formula is C12H18N4S. The number of nitrogens with one attached hydrogen (secondary N) is 1. The van der Waals surface area contributed by atoms with Crippen LogP contribution >= 0.6 is 12.2 Å². The van der Waals surface area contributed by atoms with Crippen LogP contribution < -0.4 is 5.43 Å². The number of rotatable bonds is 4. The molecule has 0 fully saturated rings. The second-order valence-corrected chi connectivity index (χ2v) is 3.89. The smallest absolute Gasteiger partial charge is 0.189 e. The zero-order chi connectivity index (χ0) is 12.7. The van der Waals surface area contributed by atoms with E-state index in [1.54, 1.807) is 6.20 Å². The third kappa shape index (κ3) is 4.11. The number of pyridine rings is 1. The van der Waals surface area contributed by atoms with Crippen molar-refractivity contribution in [2.75, 3.05) is 13.1 Å². The molecule has 17 heavy (non-hydrogen) atoms. The van der Waals surface area contributed by atoms with Crippen molar-refractivity contribution in [3.8, 4) is 0 Å². The Labute approximate surface area is 108 Å². The Kier molecular flexibility index (Phi) is 5.56. The van der Waals surface area contributed by atoms with E-state index in [0.29, 0.717) is 5.11 Å². The van der Waals surface area contributed by atoms with Gasteiger partial charge in [0, 0.05) is 19.3 Å². The van der Waals surface area contributed by atoms with Crippen molar-refractivity contribution in [2.24, 2.45) is 5.10 Å². The molecule has 1 rings (SSSR count). The van der Waals surface area contributed by atoms with Gasteiger partial charge in [-0.3, -0.25) is 10.4 Å². The number of hydrogen-bond acceptors (Lipinski definition) is 3. The van der Waals surface area contributed by atoms with Gasteiger partial charge in [0.25, 0.3) is 0 Å². The van der Waals surface area contributed by atoms with Crippen molar-refractivity contribution in [3.05, 3.63) is 30.1 Å². The van der Waals surface area contributed by atoms with Crippen molar-refractivity contribution in [3.63, 3.8) is 0 Å². The van der Waals surface area contributed by atoms with Crippen molar-refractivity contribution in [2.45, 2.75) is 20.8 Å². The average molecular weight is 250 g/mol. The van der Waals surface area contributed by atoms with Crippen LogP contribution in [0.15, 0.2) is 29.5 Å². The van der Waals surface area contributed by atoms with E-state index in [1.165, 1.54) is 0 Å². The second kappa shape index (κ2) is 6.96. The molecule has 0 saturated heterocycles. The predicted octanol–water partition coefficient (Wildman–Crippen LogP) is 2.02. The quantitative estimate of drug-likeness (QED) is 0.504. The molecule has 0 aliphatic carbocycles. The summed E-state index contributed by atoms with van der Waals surface area (Å²) in [6.07, 6.45) is 1.75. The van der Waals surface area contributed by atoms with Crippen LogP contribution in [0.25, 0.3) is 0 Å². The van der Waals surface area contributed by atoms with Crippen LogP contribution in [0.5, 0.6) is 0 Å². The third-order valence-electron chi connectivity index (χ3n) is 2.41. The highest BCUT2D eigenvalue weighted by atomic mass is 32.1. The van der Waals surface area contributed by atoms with Crippen LogP contribution in [0.2, 0.25) is 0 Å². The zero-order valence-corrected chi connectivity index (χ0v) is 11.3. The van der Waals surface area contributed by atoms with E-state index >= 15 is 0 Å². The topological polar surface area (TPSA) is 40.5 Å². The Bertz CT molecular complexity index is 385. The Balaban J connectivity index is 2.62. The number of thiocarbonyl (C=S) groups is 1. The fraction of sp³-hybridized carbons (Fsp3) is 0.417. The first-order chi connectivity index (χ1) is 8.19. The molecule has 0 aromatic carbocycles. The highest BCUT2D eigenvalue weighted by Gasteiger charge is 2.03. The van der Waals surface area contributed by atoms with Gasteiger partial charge in [0.1, 0.15) is 0 Å². The molecule has 5 heteroatoms. The molecule has 4 nitrogen and oxygen atoms in total. The van der Waals surface area contributed by atoms with Gasteiger partial charge in [0.05, 0.1) is 11.4 Å². The maximum absolute atomic E-state index is 5.23. The molecule has 0 bridgehead atoms. The molecular weight excluding hydrogens is 232 g/mol. The third-order valence-corrected chi connectivity index (χ3v) is 2.75. The van der Waals surface area contributed by atoms with E-state index in [9.17, 15) is 0 Å². The molecule has 0 spiro atoms. The van der Waals surface area contributed by atoms with Gasteiger partial charge in [0.15, 0.2) is 5.11 Å². The minimum Gasteiger partial charge on any atom is -0.348 e. The van der Waals surface area contributed by atoms with Gasteiger partial charge in [-0.25, -0.2) is 0 Å². The summed E-state index contributed by atoms with van der Waals surface area (Å²) in [7, 11) is 0. The van der Waals surface area contributed by atoms with Crippen LogP contribution in [0.1, 0.15) is 26.5 Å². The summed E-state index contributed by atoms with van der Waals surface area (Å²) >= 11 is 5.23. The fourth-order valence-corrected chi connectivity index (χ4v) is 1.65. The first-order valence-electron chi connectivity index (χ1n) is 5.69. The van der Waals surface area contributed by atoms with Gasteiger partial charge in [-0.05, 0) is 45.1 Å². The molecule has 0 amide bonds. The Morgan fingerprint density at radius 3 is 2.65 bits per heavy atom. The first-order valence-corrected chi connectivity index (χ1v) is 6.10. The van der Waals surface area contributed by atoms with Crippen LogP contribution in [-0.2, 0) is 0 Å². The highest BCUT2D eigenvalue weighted by Crippen LogP contribution is 1.96.